The summed E-state index contributed by atoms with van der Waals surface area (Å²) in [6.45, 7) is 1.75. The Labute approximate surface area is 75.2 Å². The summed E-state index contributed by atoms with van der Waals surface area (Å²) >= 11 is 0. The normalized spacial score (nSPS) is 10.2. The van der Waals surface area contributed by atoms with Gasteiger partial charge in [-0.25, -0.2) is 0 Å². The Hall–Kier alpha value is -1.91. The number of rotatable bonds is 3. The zero-order valence-corrected chi connectivity index (χ0v) is 7.10. The number of hydrogen-bond donors (Lipinski definition) is 1. The van der Waals surface area contributed by atoms with Gasteiger partial charge in [0.15, 0.2) is 0 Å². The summed E-state index contributed by atoms with van der Waals surface area (Å²) in [6.07, 6.45) is 1.57. The number of hydrogen-bond acceptors (Lipinski definition) is 4. The van der Waals surface area contributed by atoms with Crippen molar-refractivity contribution in [3.63, 3.8) is 0 Å². The number of nitro groups is 1. The fraction of sp³-hybridized carbons (Fsp3) is 0.125. The molecule has 0 saturated heterocycles. The third-order valence-electron chi connectivity index (χ3n) is 1.38. The van der Waals surface area contributed by atoms with Gasteiger partial charge in [-0.3, -0.25) is 15.5 Å². The summed E-state index contributed by atoms with van der Waals surface area (Å²) in [5.74, 6) is 0. The molecular formula is C8H9N3O2. The first kappa shape index (κ1) is 9.18. The Kier molecular flexibility index (Phi) is 2.97. The van der Waals surface area contributed by atoms with Gasteiger partial charge in [0.2, 0.25) is 0 Å². The molecule has 0 spiro atoms. The van der Waals surface area contributed by atoms with Crippen LogP contribution >= 0.6 is 0 Å². The molecule has 0 atom stereocenters. The molecule has 1 aromatic rings. The van der Waals surface area contributed by atoms with E-state index in [2.05, 4.69) is 10.5 Å². The molecule has 0 aliphatic heterocycles. The van der Waals surface area contributed by atoms with Crippen LogP contribution in [0.1, 0.15) is 6.92 Å². The Morgan fingerprint density at radius 2 is 2.38 bits per heavy atom. The summed E-state index contributed by atoms with van der Waals surface area (Å²) in [5, 5.41) is 14.1. The molecule has 0 unspecified atom stereocenters. The number of nitrogens with one attached hydrogen (secondary N) is 1. The maximum absolute atomic E-state index is 10.4. The molecule has 1 rings (SSSR count). The average Bonchev–Trinajstić information content (AvgIpc) is 2.15. The first-order valence-corrected chi connectivity index (χ1v) is 3.72. The maximum atomic E-state index is 10.4. The van der Waals surface area contributed by atoms with Crippen LogP contribution in [-0.2, 0) is 0 Å². The molecule has 0 saturated carbocycles. The number of nitrogens with zero attached hydrogens (tertiary/aromatic N) is 2. The number of non-ortho nitro benzene ring substituents is 1. The third kappa shape index (κ3) is 2.55. The molecule has 0 aliphatic rings. The first-order valence-electron chi connectivity index (χ1n) is 3.72. The highest BCUT2D eigenvalue weighted by molar-refractivity contribution is 5.57. The maximum Gasteiger partial charge on any atom is 0.271 e. The monoisotopic (exact) mass is 179 g/mol. The molecule has 0 aromatic heterocycles. The van der Waals surface area contributed by atoms with Crippen LogP contribution in [0.15, 0.2) is 29.4 Å². The van der Waals surface area contributed by atoms with E-state index in [-0.39, 0.29) is 5.69 Å². The van der Waals surface area contributed by atoms with E-state index in [1.165, 1.54) is 12.1 Å². The van der Waals surface area contributed by atoms with Crippen LogP contribution < -0.4 is 5.43 Å². The average molecular weight is 179 g/mol. The zero-order valence-electron chi connectivity index (χ0n) is 7.10. The molecule has 68 valence electrons. The van der Waals surface area contributed by atoms with Gasteiger partial charge in [-0.1, -0.05) is 6.07 Å². The van der Waals surface area contributed by atoms with E-state index < -0.39 is 4.92 Å². The van der Waals surface area contributed by atoms with Gasteiger partial charge >= 0.3 is 0 Å². The SMILES string of the molecule is C/C=N\Nc1cccc([N+](=O)[O-])c1. The summed E-state index contributed by atoms with van der Waals surface area (Å²) in [6, 6.07) is 6.17. The number of benzene rings is 1. The Morgan fingerprint density at radius 3 is 3.00 bits per heavy atom. The molecule has 5 heteroatoms. The van der Waals surface area contributed by atoms with Crippen molar-refractivity contribution in [2.45, 2.75) is 6.92 Å². The van der Waals surface area contributed by atoms with E-state index in [9.17, 15) is 10.1 Å². The molecule has 13 heavy (non-hydrogen) atoms. The molecule has 0 amide bonds. The molecule has 0 heterocycles. The highest BCUT2D eigenvalue weighted by atomic mass is 16.6. The van der Waals surface area contributed by atoms with Gasteiger partial charge in [0.05, 0.1) is 10.6 Å². The van der Waals surface area contributed by atoms with Crippen LogP contribution in [-0.4, -0.2) is 11.1 Å². The second-order valence-corrected chi connectivity index (χ2v) is 2.31. The molecule has 1 aromatic carbocycles. The third-order valence-corrected chi connectivity index (χ3v) is 1.38. The second-order valence-electron chi connectivity index (χ2n) is 2.31. The molecule has 0 fully saturated rings. The molecule has 0 bridgehead atoms. The van der Waals surface area contributed by atoms with Crippen molar-refractivity contribution in [1.82, 2.24) is 0 Å². The molecule has 0 radical (unpaired) electrons. The van der Waals surface area contributed by atoms with Crippen molar-refractivity contribution in [3.05, 3.63) is 34.4 Å². The lowest BCUT2D eigenvalue weighted by Crippen LogP contribution is -1.91. The molecule has 5 nitrogen and oxygen atoms in total. The van der Waals surface area contributed by atoms with Crippen LogP contribution in [0.25, 0.3) is 0 Å². The van der Waals surface area contributed by atoms with Gasteiger partial charge in [0.1, 0.15) is 0 Å². The van der Waals surface area contributed by atoms with Gasteiger partial charge in [-0.15, -0.1) is 0 Å². The summed E-state index contributed by atoms with van der Waals surface area (Å²) in [5.41, 5.74) is 3.31. The van der Waals surface area contributed by atoms with Crippen molar-refractivity contribution < 1.29 is 4.92 Å². The molecule has 0 aliphatic carbocycles. The lowest BCUT2D eigenvalue weighted by atomic mass is 10.3. The minimum absolute atomic E-state index is 0.0521. The van der Waals surface area contributed by atoms with E-state index in [0.717, 1.165) is 0 Å². The minimum Gasteiger partial charge on any atom is -0.279 e. The zero-order chi connectivity index (χ0) is 9.68. The van der Waals surface area contributed by atoms with Crippen molar-refractivity contribution in [2.75, 3.05) is 5.43 Å². The fourth-order valence-electron chi connectivity index (χ4n) is 0.828. The van der Waals surface area contributed by atoms with Crippen LogP contribution in [0.3, 0.4) is 0 Å². The van der Waals surface area contributed by atoms with Crippen molar-refractivity contribution in [1.29, 1.82) is 0 Å². The van der Waals surface area contributed by atoms with Crippen molar-refractivity contribution in [2.24, 2.45) is 5.10 Å². The molecule has 1 N–H and O–H groups in total. The largest absolute Gasteiger partial charge is 0.279 e. The van der Waals surface area contributed by atoms with Crippen molar-refractivity contribution >= 4 is 17.6 Å². The Morgan fingerprint density at radius 1 is 1.62 bits per heavy atom. The first-order chi connectivity index (χ1) is 6.24. The topological polar surface area (TPSA) is 67.5 Å². The van der Waals surface area contributed by atoms with Crippen LogP contribution in [0.2, 0.25) is 0 Å². The predicted octanol–water partition coefficient (Wildman–Crippen LogP) is 2.01. The lowest BCUT2D eigenvalue weighted by molar-refractivity contribution is -0.384. The predicted molar refractivity (Wildman–Crippen MR) is 50.9 cm³/mol. The number of hydrazone groups is 1. The summed E-state index contributed by atoms with van der Waals surface area (Å²) < 4.78 is 0. The lowest BCUT2D eigenvalue weighted by Gasteiger charge is -1.98. The minimum atomic E-state index is -0.444. The van der Waals surface area contributed by atoms with Gasteiger partial charge in [0.25, 0.3) is 5.69 Å². The summed E-state index contributed by atoms with van der Waals surface area (Å²) in [4.78, 5) is 9.92. The highest BCUT2D eigenvalue weighted by Gasteiger charge is 2.03. The van der Waals surface area contributed by atoms with Crippen LogP contribution in [0, 0.1) is 10.1 Å². The van der Waals surface area contributed by atoms with Gasteiger partial charge in [-0.05, 0) is 13.0 Å². The number of anilines is 1. The Balaban J connectivity index is 2.85. The van der Waals surface area contributed by atoms with E-state index >= 15 is 0 Å². The van der Waals surface area contributed by atoms with E-state index in [0.29, 0.717) is 5.69 Å². The molecular weight excluding hydrogens is 170 g/mol. The summed E-state index contributed by atoms with van der Waals surface area (Å²) in [7, 11) is 0. The van der Waals surface area contributed by atoms with Gasteiger partial charge < -0.3 is 0 Å². The van der Waals surface area contributed by atoms with Crippen molar-refractivity contribution in [3.8, 4) is 0 Å². The van der Waals surface area contributed by atoms with Crippen LogP contribution in [0.4, 0.5) is 11.4 Å². The van der Waals surface area contributed by atoms with Gasteiger partial charge in [-0.2, -0.15) is 5.10 Å². The van der Waals surface area contributed by atoms with E-state index in [4.69, 9.17) is 0 Å². The Bertz CT molecular complexity index is 336. The second kappa shape index (κ2) is 4.20. The smallest absolute Gasteiger partial charge is 0.271 e. The van der Waals surface area contributed by atoms with E-state index in [1.807, 2.05) is 0 Å². The number of nitro benzene ring substituents is 1. The highest BCUT2D eigenvalue weighted by Crippen LogP contribution is 2.16. The van der Waals surface area contributed by atoms with Crippen LogP contribution in [0.5, 0.6) is 0 Å². The standard InChI is InChI=1S/C8H9N3O2/c1-2-9-10-7-4-3-5-8(6-7)11(12)13/h2-6,10H,1H3/b9-2-. The van der Waals surface area contributed by atoms with Gasteiger partial charge in [0, 0.05) is 18.3 Å². The van der Waals surface area contributed by atoms with E-state index in [1.54, 1.807) is 25.3 Å². The fourth-order valence-corrected chi connectivity index (χ4v) is 0.828. The quantitative estimate of drug-likeness (QED) is 0.438.